The molecule has 0 unspecified atom stereocenters. The molecule has 10 rings (SSSR count). The number of hydrogen-bond donors (Lipinski definition) is 0. The molecule has 8 aromatic carbocycles. The lowest BCUT2D eigenvalue weighted by atomic mass is 9.81. The second kappa shape index (κ2) is 12.3. The summed E-state index contributed by atoms with van der Waals surface area (Å²) < 4.78 is 7.15. The fourth-order valence-electron chi connectivity index (χ4n) is 8.45. The number of anilines is 3. The number of fused-ring (bicyclic) bond motifs is 7. The van der Waals surface area contributed by atoms with Gasteiger partial charge in [0, 0.05) is 44.4 Å². The van der Waals surface area contributed by atoms with Gasteiger partial charge in [-0.2, -0.15) is 0 Å². The molecule has 1 heterocycles. The number of benzene rings is 8. The van der Waals surface area contributed by atoms with Gasteiger partial charge >= 0.3 is 0 Å². The molecule has 0 atom stereocenters. The van der Waals surface area contributed by atoms with Crippen molar-refractivity contribution < 1.29 is 4.42 Å². The molecule has 0 saturated heterocycles. The van der Waals surface area contributed by atoms with E-state index in [-0.39, 0.29) is 5.41 Å². The third kappa shape index (κ3) is 5.02. The first-order chi connectivity index (χ1) is 26.1. The molecule has 1 aliphatic rings. The first-order valence-electron chi connectivity index (χ1n) is 18.4. The lowest BCUT2D eigenvalue weighted by Crippen LogP contribution is -2.15. The van der Waals surface area contributed by atoms with Gasteiger partial charge < -0.3 is 9.32 Å². The molecule has 2 heteroatoms. The van der Waals surface area contributed by atoms with Gasteiger partial charge in [0.1, 0.15) is 11.2 Å². The Morgan fingerprint density at radius 1 is 0.396 bits per heavy atom. The highest BCUT2D eigenvalue weighted by Crippen LogP contribution is 2.55. The Balaban J connectivity index is 1.12. The van der Waals surface area contributed by atoms with Crippen molar-refractivity contribution in [3.63, 3.8) is 0 Å². The lowest BCUT2D eigenvalue weighted by Gasteiger charge is -2.26. The summed E-state index contributed by atoms with van der Waals surface area (Å²) in [6.07, 6.45) is 0. The zero-order valence-corrected chi connectivity index (χ0v) is 29.8. The standard InChI is InChI=1S/C51H37NO/c1-51(2)45-24-13-12-21-42(45)48-46(51)33-44(36-17-8-4-9-18-36)47-43-23-14-22-41(49(43)53-50(47)48)37-27-31-40(32-28-37)52(38-19-10-5-11-20-38)39-29-25-35(26-30-39)34-15-6-3-7-16-34/h3-33H,1-2H3. The summed E-state index contributed by atoms with van der Waals surface area (Å²) >= 11 is 0. The highest BCUT2D eigenvalue weighted by Gasteiger charge is 2.38. The van der Waals surface area contributed by atoms with E-state index < -0.39 is 0 Å². The predicted octanol–water partition coefficient (Wildman–Crippen LogP) is 14.4. The molecule has 252 valence electrons. The van der Waals surface area contributed by atoms with Crippen LogP contribution in [0.4, 0.5) is 17.1 Å². The summed E-state index contributed by atoms with van der Waals surface area (Å²) in [4.78, 5) is 2.31. The van der Waals surface area contributed by atoms with Gasteiger partial charge in [0.2, 0.25) is 0 Å². The van der Waals surface area contributed by atoms with Crippen LogP contribution in [0, 0.1) is 0 Å². The van der Waals surface area contributed by atoms with Gasteiger partial charge in [-0.25, -0.2) is 0 Å². The van der Waals surface area contributed by atoms with Gasteiger partial charge in [-0.3, -0.25) is 0 Å². The number of furan rings is 1. The summed E-state index contributed by atoms with van der Waals surface area (Å²) in [6, 6.07) is 67.4. The summed E-state index contributed by atoms with van der Waals surface area (Å²) in [5, 5.41) is 2.31. The second-order valence-electron chi connectivity index (χ2n) is 14.5. The monoisotopic (exact) mass is 679 g/mol. The van der Waals surface area contributed by atoms with E-state index in [1.54, 1.807) is 0 Å². The molecule has 1 aliphatic carbocycles. The maximum Gasteiger partial charge on any atom is 0.144 e. The van der Waals surface area contributed by atoms with E-state index in [4.69, 9.17) is 4.42 Å². The molecule has 53 heavy (non-hydrogen) atoms. The van der Waals surface area contributed by atoms with Gasteiger partial charge in [-0.1, -0.05) is 159 Å². The Morgan fingerprint density at radius 3 is 1.58 bits per heavy atom. The van der Waals surface area contributed by atoms with E-state index in [2.05, 4.69) is 207 Å². The number of nitrogens with zero attached hydrogens (tertiary/aromatic N) is 1. The van der Waals surface area contributed by atoms with Crippen molar-refractivity contribution in [2.45, 2.75) is 19.3 Å². The van der Waals surface area contributed by atoms with Crippen LogP contribution in [0.25, 0.3) is 66.4 Å². The molecule has 0 bridgehead atoms. The smallest absolute Gasteiger partial charge is 0.144 e. The minimum Gasteiger partial charge on any atom is -0.455 e. The van der Waals surface area contributed by atoms with Crippen molar-refractivity contribution in [1.82, 2.24) is 0 Å². The molecular weight excluding hydrogens is 643 g/mol. The van der Waals surface area contributed by atoms with Crippen molar-refractivity contribution in [3.05, 3.63) is 199 Å². The van der Waals surface area contributed by atoms with Gasteiger partial charge in [-0.05, 0) is 87.0 Å². The maximum absolute atomic E-state index is 7.15. The van der Waals surface area contributed by atoms with Crippen LogP contribution in [-0.2, 0) is 5.41 Å². The molecule has 2 nitrogen and oxygen atoms in total. The third-order valence-electron chi connectivity index (χ3n) is 11.1. The fraction of sp³-hybridized carbons (Fsp3) is 0.0588. The van der Waals surface area contributed by atoms with E-state index in [0.717, 1.165) is 44.7 Å². The molecule has 0 radical (unpaired) electrons. The second-order valence-corrected chi connectivity index (χ2v) is 14.5. The van der Waals surface area contributed by atoms with Crippen molar-refractivity contribution in [2.75, 3.05) is 4.90 Å². The van der Waals surface area contributed by atoms with Crippen molar-refractivity contribution in [1.29, 1.82) is 0 Å². The van der Waals surface area contributed by atoms with Crippen LogP contribution in [0.1, 0.15) is 25.0 Å². The Hall–Kier alpha value is -6.64. The summed E-state index contributed by atoms with van der Waals surface area (Å²) in [5.74, 6) is 0. The average Bonchev–Trinajstić information content (AvgIpc) is 3.72. The molecule has 0 aliphatic heterocycles. The zero-order chi connectivity index (χ0) is 35.5. The predicted molar refractivity (Wildman–Crippen MR) is 222 cm³/mol. The van der Waals surface area contributed by atoms with E-state index in [9.17, 15) is 0 Å². The minimum absolute atomic E-state index is 0.145. The van der Waals surface area contributed by atoms with Crippen molar-refractivity contribution in [2.24, 2.45) is 0 Å². The fourth-order valence-corrected chi connectivity index (χ4v) is 8.45. The van der Waals surface area contributed by atoms with Crippen molar-refractivity contribution in [3.8, 4) is 44.5 Å². The Kier molecular flexibility index (Phi) is 7.19. The van der Waals surface area contributed by atoms with E-state index >= 15 is 0 Å². The van der Waals surface area contributed by atoms with Gasteiger partial charge in [0.25, 0.3) is 0 Å². The molecule has 0 N–H and O–H groups in total. The first-order valence-corrected chi connectivity index (χ1v) is 18.4. The van der Waals surface area contributed by atoms with Crippen LogP contribution in [0.3, 0.4) is 0 Å². The third-order valence-corrected chi connectivity index (χ3v) is 11.1. The normalized spacial score (nSPS) is 12.9. The lowest BCUT2D eigenvalue weighted by molar-refractivity contribution is 0.654. The van der Waals surface area contributed by atoms with Crippen LogP contribution in [0.5, 0.6) is 0 Å². The van der Waals surface area contributed by atoms with Gasteiger partial charge in [-0.15, -0.1) is 0 Å². The van der Waals surface area contributed by atoms with Crippen LogP contribution >= 0.6 is 0 Å². The topological polar surface area (TPSA) is 16.4 Å². The van der Waals surface area contributed by atoms with Crippen LogP contribution in [0.15, 0.2) is 192 Å². The largest absolute Gasteiger partial charge is 0.455 e. The minimum atomic E-state index is -0.145. The van der Waals surface area contributed by atoms with Gasteiger partial charge in [0.15, 0.2) is 0 Å². The maximum atomic E-state index is 7.15. The quantitative estimate of drug-likeness (QED) is 0.174. The molecule has 9 aromatic rings. The Morgan fingerprint density at radius 2 is 0.906 bits per heavy atom. The highest BCUT2D eigenvalue weighted by atomic mass is 16.3. The van der Waals surface area contributed by atoms with E-state index in [0.29, 0.717) is 0 Å². The molecule has 1 aromatic heterocycles. The van der Waals surface area contributed by atoms with Crippen LogP contribution in [0.2, 0.25) is 0 Å². The van der Waals surface area contributed by atoms with E-state index in [1.165, 1.54) is 49.9 Å². The molecule has 0 saturated carbocycles. The molecule has 0 spiro atoms. The first kappa shape index (κ1) is 31.1. The van der Waals surface area contributed by atoms with E-state index in [1.807, 2.05) is 0 Å². The zero-order valence-electron chi connectivity index (χ0n) is 29.8. The van der Waals surface area contributed by atoms with Crippen LogP contribution in [-0.4, -0.2) is 0 Å². The number of para-hydroxylation sites is 2. The SMILES string of the molecule is CC1(C)c2ccccc2-c2c1cc(-c1ccccc1)c1c2oc2c(-c3ccc(N(c4ccccc4)c4ccc(-c5ccccc5)cc4)cc3)cccc21. The van der Waals surface area contributed by atoms with Gasteiger partial charge in [0.05, 0.1) is 0 Å². The number of hydrogen-bond acceptors (Lipinski definition) is 2. The Labute approximate surface area is 310 Å². The molecule has 0 fully saturated rings. The summed E-state index contributed by atoms with van der Waals surface area (Å²) in [7, 11) is 0. The number of rotatable bonds is 6. The Bertz CT molecular complexity index is 2760. The molecule has 0 amide bonds. The van der Waals surface area contributed by atoms with Crippen LogP contribution < -0.4 is 4.90 Å². The average molecular weight is 680 g/mol. The molecular formula is C51H37NO. The van der Waals surface area contributed by atoms with Crippen molar-refractivity contribution >= 4 is 39.0 Å². The highest BCUT2D eigenvalue weighted by molar-refractivity contribution is 6.20. The summed E-state index contributed by atoms with van der Waals surface area (Å²) in [6.45, 7) is 4.68. The summed E-state index contributed by atoms with van der Waals surface area (Å²) in [5.41, 5.74) is 17.2.